The Morgan fingerprint density at radius 1 is 0.923 bits per heavy atom. The normalized spacial score (nSPS) is 11.5. The Kier molecular flexibility index (Phi) is 7.18. The molecule has 0 atom stereocenters. The van der Waals surface area contributed by atoms with Crippen LogP contribution in [0.25, 0.3) is 0 Å². The summed E-state index contributed by atoms with van der Waals surface area (Å²) in [7, 11) is 0. The van der Waals surface area contributed by atoms with E-state index in [1.165, 1.54) is 0 Å². The lowest BCUT2D eigenvalue weighted by atomic mass is 9.87. The quantitative estimate of drug-likeness (QED) is 0.717. The number of hydrogen-bond acceptors (Lipinski definition) is 4. The van der Waals surface area contributed by atoms with Crippen molar-refractivity contribution in [2.24, 2.45) is 0 Å². The summed E-state index contributed by atoms with van der Waals surface area (Å²) in [5.74, 6) is -0.820. The molecule has 0 saturated carbocycles. The summed E-state index contributed by atoms with van der Waals surface area (Å²) in [6, 6.07) is 7.21. The minimum atomic E-state index is -0.594. The number of hydrogen-bond donors (Lipinski definition) is 3. The van der Waals surface area contributed by atoms with E-state index >= 15 is 0 Å². The molecule has 0 aliphatic heterocycles. The highest BCUT2D eigenvalue weighted by Gasteiger charge is 2.16. The van der Waals surface area contributed by atoms with Crippen LogP contribution in [-0.4, -0.2) is 30.1 Å². The van der Waals surface area contributed by atoms with E-state index in [4.69, 9.17) is 4.74 Å². The van der Waals surface area contributed by atoms with E-state index in [1.54, 1.807) is 32.9 Å². The number of carbonyl (C=O) groups is 3. The van der Waals surface area contributed by atoms with E-state index in [2.05, 4.69) is 36.9 Å². The SMILES string of the molecule is CC(C)(C)OC(=O)NCCC(=O)NNC(=O)c1ccc(C(C)(C)C)cc1. The molecule has 1 rings (SSSR count). The predicted molar refractivity (Wildman–Crippen MR) is 99.6 cm³/mol. The molecule has 3 N–H and O–H groups in total. The van der Waals surface area contributed by atoms with Gasteiger partial charge in [-0.1, -0.05) is 32.9 Å². The maximum absolute atomic E-state index is 12.0. The first-order valence-corrected chi connectivity index (χ1v) is 8.55. The van der Waals surface area contributed by atoms with Gasteiger partial charge in [-0.3, -0.25) is 20.4 Å². The van der Waals surface area contributed by atoms with E-state index in [-0.39, 0.29) is 18.4 Å². The van der Waals surface area contributed by atoms with Gasteiger partial charge in [-0.05, 0) is 43.9 Å². The van der Waals surface area contributed by atoms with Crippen molar-refractivity contribution >= 4 is 17.9 Å². The van der Waals surface area contributed by atoms with Crippen molar-refractivity contribution in [1.29, 1.82) is 0 Å². The number of carbonyl (C=O) groups excluding carboxylic acids is 3. The second kappa shape index (κ2) is 8.69. The Morgan fingerprint density at radius 3 is 2.00 bits per heavy atom. The Bertz CT molecular complexity index is 640. The molecule has 1 aromatic carbocycles. The van der Waals surface area contributed by atoms with Gasteiger partial charge in [-0.15, -0.1) is 0 Å². The molecule has 0 fully saturated rings. The molecule has 0 radical (unpaired) electrons. The van der Waals surface area contributed by atoms with Crippen LogP contribution in [0, 0.1) is 0 Å². The van der Waals surface area contributed by atoms with Crippen LogP contribution in [0.1, 0.15) is 63.9 Å². The molecular formula is C19H29N3O4. The zero-order chi connectivity index (χ0) is 20.0. The lowest BCUT2D eigenvalue weighted by Gasteiger charge is -2.19. The average molecular weight is 363 g/mol. The molecule has 0 aliphatic rings. The van der Waals surface area contributed by atoms with Crippen LogP contribution in [0.5, 0.6) is 0 Å². The van der Waals surface area contributed by atoms with E-state index < -0.39 is 23.5 Å². The lowest BCUT2D eigenvalue weighted by molar-refractivity contribution is -0.121. The fourth-order valence-electron chi connectivity index (χ4n) is 1.98. The van der Waals surface area contributed by atoms with Gasteiger partial charge in [0.05, 0.1) is 0 Å². The molecule has 0 saturated heterocycles. The minimum Gasteiger partial charge on any atom is -0.444 e. The van der Waals surface area contributed by atoms with Gasteiger partial charge >= 0.3 is 6.09 Å². The van der Waals surface area contributed by atoms with Crippen LogP contribution in [0.2, 0.25) is 0 Å². The van der Waals surface area contributed by atoms with Crippen molar-refractivity contribution in [2.45, 2.75) is 59.0 Å². The first-order valence-electron chi connectivity index (χ1n) is 8.55. The lowest BCUT2D eigenvalue weighted by Crippen LogP contribution is -2.43. The van der Waals surface area contributed by atoms with Crippen LogP contribution >= 0.6 is 0 Å². The molecular weight excluding hydrogens is 334 g/mol. The molecule has 26 heavy (non-hydrogen) atoms. The van der Waals surface area contributed by atoms with E-state index in [9.17, 15) is 14.4 Å². The van der Waals surface area contributed by atoms with Crippen molar-refractivity contribution < 1.29 is 19.1 Å². The first kappa shape index (κ1) is 21.5. The fraction of sp³-hybridized carbons (Fsp3) is 0.526. The minimum absolute atomic E-state index is 0.00433. The Labute approximate surface area is 154 Å². The van der Waals surface area contributed by atoms with Crippen LogP contribution < -0.4 is 16.2 Å². The fourth-order valence-corrected chi connectivity index (χ4v) is 1.98. The maximum atomic E-state index is 12.0. The third-order valence-electron chi connectivity index (χ3n) is 3.35. The topological polar surface area (TPSA) is 96.5 Å². The van der Waals surface area contributed by atoms with Crippen molar-refractivity contribution in [1.82, 2.24) is 16.2 Å². The van der Waals surface area contributed by atoms with Crippen LogP contribution in [-0.2, 0) is 14.9 Å². The summed E-state index contributed by atoms with van der Waals surface area (Å²) in [6.45, 7) is 11.6. The first-order chi connectivity index (χ1) is 11.9. The second-order valence-electron chi connectivity index (χ2n) is 8.01. The zero-order valence-corrected chi connectivity index (χ0v) is 16.4. The molecule has 7 heteroatoms. The van der Waals surface area contributed by atoms with Gasteiger partial charge in [0.1, 0.15) is 5.60 Å². The number of alkyl carbamates (subject to hydrolysis) is 1. The average Bonchev–Trinajstić information content (AvgIpc) is 2.50. The Balaban J connectivity index is 2.36. The molecule has 3 amide bonds. The summed E-state index contributed by atoms with van der Waals surface area (Å²) >= 11 is 0. The monoisotopic (exact) mass is 363 g/mol. The van der Waals surface area contributed by atoms with Crippen LogP contribution in [0.15, 0.2) is 24.3 Å². The molecule has 0 unspecified atom stereocenters. The number of nitrogens with one attached hydrogen (secondary N) is 3. The third kappa shape index (κ3) is 8.00. The highest BCUT2D eigenvalue weighted by Crippen LogP contribution is 2.22. The highest BCUT2D eigenvalue weighted by atomic mass is 16.6. The van der Waals surface area contributed by atoms with Gasteiger partial charge in [0.25, 0.3) is 5.91 Å². The van der Waals surface area contributed by atoms with Crippen LogP contribution in [0.3, 0.4) is 0 Å². The third-order valence-corrected chi connectivity index (χ3v) is 3.35. The van der Waals surface area contributed by atoms with Crippen molar-refractivity contribution in [3.05, 3.63) is 35.4 Å². The largest absolute Gasteiger partial charge is 0.444 e. The van der Waals surface area contributed by atoms with E-state index in [0.717, 1.165) is 5.56 Å². The molecule has 7 nitrogen and oxygen atoms in total. The van der Waals surface area contributed by atoms with Gasteiger partial charge in [-0.2, -0.15) is 0 Å². The van der Waals surface area contributed by atoms with Gasteiger partial charge in [-0.25, -0.2) is 4.79 Å². The molecule has 0 heterocycles. The molecule has 0 aromatic heterocycles. The summed E-state index contributed by atoms with van der Waals surface area (Å²) in [4.78, 5) is 35.2. The predicted octanol–water partition coefficient (Wildman–Crippen LogP) is 2.66. The summed E-state index contributed by atoms with van der Waals surface area (Å²) in [6.07, 6.45) is -0.573. The van der Waals surface area contributed by atoms with Crippen molar-refractivity contribution in [3.8, 4) is 0 Å². The second-order valence-corrected chi connectivity index (χ2v) is 8.01. The molecule has 144 valence electrons. The summed E-state index contributed by atoms with van der Waals surface area (Å²) < 4.78 is 5.06. The standard InChI is InChI=1S/C19H29N3O4/c1-18(2,3)14-9-7-13(8-10-14)16(24)22-21-15(23)11-12-20-17(25)26-19(4,5)6/h7-10H,11-12H2,1-6H3,(H,20,25)(H,21,23)(H,22,24). The highest BCUT2D eigenvalue weighted by molar-refractivity contribution is 5.95. The smallest absolute Gasteiger partial charge is 0.407 e. The van der Waals surface area contributed by atoms with E-state index in [0.29, 0.717) is 5.56 Å². The maximum Gasteiger partial charge on any atom is 0.407 e. The zero-order valence-electron chi connectivity index (χ0n) is 16.4. The summed E-state index contributed by atoms with van der Waals surface area (Å²) in [5, 5.41) is 2.48. The number of hydrazine groups is 1. The van der Waals surface area contributed by atoms with Gasteiger partial charge in [0.15, 0.2) is 0 Å². The number of amides is 3. The van der Waals surface area contributed by atoms with E-state index in [1.807, 2.05) is 12.1 Å². The number of rotatable bonds is 4. The molecule has 0 aliphatic carbocycles. The number of benzene rings is 1. The van der Waals surface area contributed by atoms with Crippen LogP contribution in [0.4, 0.5) is 4.79 Å². The molecule has 0 bridgehead atoms. The van der Waals surface area contributed by atoms with Gasteiger partial charge in [0.2, 0.25) is 5.91 Å². The molecule has 0 spiro atoms. The number of ether oxygens (including phenoxy) is 1. The van der Waals surface area contributed by atoms with Gasteiger partial charge < -0.3 is 10.1 Å². The van der Waals surface area contributed by atoms with Gasteiger partial charge in [0, 0.05) is 18.5 Å². The molecule has 1 aromatic rings. The Morgan fingerprint density at radius 2 is 1.50 bits per heavy atom. The summed E-state index contributed by atoms with van der Waals surface area (Å²) in [5.41, 5.74) is 5.64. The van der Waals surface area contributed by atoms with Crippen molar-refractivity contribution in [2.75, 3.05) is 6.54 Å². The Hall–Kier alpha value is -2.57. The van der Waals surface area contributed by atoms with Crippen molar-refractivity contribution in [3.63, 3.8) is 0 Å².